The van der Waals surface area contributed by atoms with Crippen molar-refractivity contribution in [2.24, 2.45) is 11.1 Å². The Morgan fingerprint density at radius 3 is 2.35 bits per heavy atom. The maximum Gasteiger partial charge on any atom is 0.254 e. The number of nitrogens with two attached hydrogens (primary N) is 1. The molecule has 37 heavy (non-hydrogen) atoms. The highest BCUT2D eigenvalue weighted by Gasteiger charge is 2.34. The van der Waals surface area contributed by atoms with Crippen molar-refractivity contribution in [1.29, 1.82) is 0 Å². The Bertz CT molecular complexity index is 1170. The lowest BCUT2D eigenvalue weighted by atomic mass is 9.91. The summed E-state index contributed by atoms with van der Waals surface area (Å²) < 4.78 is 14.8. The van der Waals surface area contributed by atoms with Gasteiger partial charge in [0.25, 0.3) is 11.8 Å². The molecule has 0 spiro atoms. The van der Waals surface area contributed by atoms with Crippen molar-refractivity contribution in [3.05, 3.63) is 58.4 Å². The third-order valence-electron chi connectivity index (χ3n) is 6.52. The number of amides is 3. The number of aliphatic hydroxyl groups is 1. The first kappa shape index (κ1) is 28.3. The highest BCUT2D eigenvalue weighted by atomic mass is 19.1. The SMILES string of the molecule is Cc1c(F)cc(C(N)=O)cc1-c1ccc(C(=O)NCC(C)(C)C)cc1C(=O)N(CCCCCO)C1CC1. The molecule has 0 atom stereocenters. The molecule has 1 fully saturated rings. The molecule has 0 aromatic heterocycles. The maximum atomic E-state index is 14.8. The zero-order valence-corrected chi connectivity index (χ0v) is 22.2. The van der Waals surface area contributed by atoms with Gasteiger partial charge in [-0.15, -0.1) is 0 Å². The third kappa shape index (κ3) is 7.38. The fourth-order valence-electron chi connectivity index (χ4n) is 4.21. The zero-order chi connectivity index (χ0) is 27.3. The Morgan fingerprint density at radius 1 is 1.05 bits per heavy atom. The summed E-state index contributed by atoms with van der Waals surface area (Å²) in [4.78, 5) is 40.6. The summed E-state index contributed by atoms with van der Waals surface area (Å²) in [6, 6.07) is 7.52. The van der Waals surface area contributed by atoms with Crippen LogP contribution in [0.3, 0.4) is 0 Å². The van der Waals surface area contributed by atoms with Crippen LogP contribution in [0.2, 0.25) is 0 Å². The molecule has 7 nitrogen and oxygen atoms in total. The number of unbranched alkanes of at least 4 members (excludes halogenated alkanes) is 2. The molecule has 1 aliphatic rings. The van der Waals surface area contributed by atoms with Gasteiger partial charge in [-0.05, 0) is 85.4 Å². The predicted molar refractivity (Wildman–Crippen MR) is 142 cm³/mol. The number of halogens is 1. The second-order valence-electron chi connectivity index (χ2n) is 11.0. The summed E-state index contributed by atoms with van der Waals surface area (Å²) in [5, 5.41) is 12.0. The Morgan fingerprint density at radius 2 is 1.76 bits per heavy atom. The third-order valence-corrected chi connectivity index (χ3v) is 6.52. The summed E-state index contributed by atoms with van der Waals surface area (Å²) in [6.07, 6.45) is 4.00. The minimum absolute atomic E-state index is 0.00606. The van der Waals surface area contributed by atoms with Crippen LogP contribution in [0.15, 0.2) is 30.3 Å². The van der Waals surface area contributed by atoms with Crippen molar-refractivity contribution in [3.8, 4) is 11.1 Å². The van der Waals surface area contributed by atoms with Gasteiger partial charge in [0.05, 0.1) is 0 Å². The molecule has 0 aliphatic heterocycles. The molecule has 3 amide bonds. The predicted octanol–water partition coefficient (Wildman–Crippen LogP) is 4.44. The second-order valence-corrected chi connectivity index (χ2v) is 11.0. The molecule has 2 aromatic carbocycles. The van der Waals surface area contributed by atoms with Crippen LogP contribution < -0.4 is 11.1 Å². The molecular weight excluding hydrogens is 473 g/mol. The van der Waals surface area contributed by atoms with Gasteiger partial charge in [0, 0.05) is 42.4 Å². The first-order valence-electron chi connectivity index (χ1n) is 12.9. The summed E-state index contributed by atoms with van der Waals surface area (Å²) in [5.41, 5.74) is 7.04. The molecule has 3 rings (SSSR count). The first-order chi connectivity index (χ1) is 17.4. The Balaban J connectivity index is 2.08. The van der Waals surface area contributed by atoms with Crippen LogP contribution in [0.1, 0.15) is 89.5 Å². The highest BCUT2D eigenvalue weighted by Crippen LogP contribution is 2.34. The number of hydrogen-bond acceptors (Lipinski definition) is 4. The molecule has 0 heterocycles. The van der Waals surface area contributed by atoms with Crippen LogP contribution in [0, 0.1) is 18.2 Å². The smallest absolute Gasteiger partial charge is 0.254 e. The van der Waals surface area contributed by atoms with E-state index in [4.69, 9.17) is 10.8 Å². The molecular formula is C29H38FN3O4. The van der Waals surface area contributed by atoms with Gasteiger partial charge in [-0.2, -0.15) is 0 Å². The summed E-state index contributed by atoms with van der Waals surface area (Å²) in [5.74, 6) is -1.91. The van der Waals surface area contributed by atoms with Crippen molar-refractivity contribution >= 4 is 17.7 Å². The Labute approximate surface area is 218 Å². The van der Waals surface area contributed by atoms with E-state index >= 15 is 0 Å². The summed E-state index contributed by atoms with van der Waals surface area (Å²) in [7, 11) is 0. The molecule has 0 bridgehead atoms. The van der Waals surface area contributed by atoms with Crippen LogP contribution in [0.25, 0.3) is 11.1 Å². The van der Waals surface area contributed by atoms with E-state index in [0.717, 1.165) is 31.7 Å². The minimum atomic E-state index is -0.769. The first-order valence-corrected chi connectivity index (χ1v) is 12.9. The Kier molecular flexibility index (Phi) is 9.07. The van der Waals surface area contributed by atoms with Gasteiger partial charge < -0.3 is 21.1 Å². The van der Waals surface area contributed by atoms with Crippen LogP contribution in [-0.4, -0.2) is 53.5 Å². The second kappa shape index (κ2) is 11.9. The molecule has 200 valence electrons. The van der Waals surface area contributed by atoms with E-state index < -0.39 is 11.7 Å². The minimum Gasteiger partial charge on any atom is -0.396 e. The van der Waals surface area contributed by atoms with Gasteiger partial charge >= 0.3 is 0 Å². The van der Waals surface area contributed by atoms with Crippen molar-refractivity contribution in [3.63, 3.8) is 0 Å². The van der Waals surface area contributed by atoms with Crippen LogP contribution in [-0.2, 0) is 0 Å². The largest absolute Gasteiger partial charge is 0.396 e. The van der Waals surface area contributed by atoms with E-state index in [1.165, 1.54) is 6.07 Å². The van der Waals surface area contributed by atoms with E-state index in [9.17, 15) is 18.8 Å². The van der Waals surface area contributed by atoms with E-state index in [1.54, 1.807) is 25.1 Å². The standard InChI is InChI=1S/C29H38FN3O4/c1-18-23(15-20(26(31)35)16-25(18)30)22-11-8-19(27(36)32-17-29(2,3)4)14-24(22)28(37)33(21-9-10-21)12-6-5-7-13-34/h8,11,14-16,21,34H,5-7,9-10,12-13,17H2,1-4H3,(H2,31,35)(H,32,36). The summed E-state index contributed by atoms with van der Waals surface area (Å²) >= 11 is 0. The van der Waals surface area contributed by atoms with Gasteiger partial charge in [0.2, 0.25) is 5.91 Å². The van der Waals surface area contributed by atoms with Crippen molar-refractivity contribution in [2.75, 3.05) is 19.7 Å². The quantitative estimate of drug-likeness (QED) is 0.387. The van der Waals surface area contributed by atoms with Crippen molar-refractivity contribution in [1.82, 2.24) is 10.2 Å². The average Bonchev–Trinajstić information content (AvgIpc) is 3.68. The number of carbonyl (C=O) groups excluding carboxylic acids is 3. The molecule has 0 unspecified atom stereocenters. The number of benzene rings is 2. The monoisotopic (exact) mass is 511 g/mol. The number of primary amides is 1. The van der Waals surface area contributed by atoms with Crippen LogP contribution in [0.4, 0.5) is 4.39 Å². The lowest BCUT2D eigenvalue weighted by molar-refractivity contribution is 0.0740. The zero-order valence-electron chi connectivity index (χ0n) is 22.2. The molecule has 1 aliphatic carbocycles. The van der Waals surface area contributed by atoms with Gasteiger partial charge in [-0.25, -0.2) is 4.39 Å². The maximum absolute atomic E-state index is 14.8. The number of nitrogens with one attached hydrogen (secondary N) is 1. The van der Waals surface area contributed by atoms with E-state index in [2.05, 4.69) is 5.32 Å². The number of carbonyl (C=O) groups is 3. The molecule has 0 radical (unpaired) electrons. The lowest BCUT2D eigenvalue weighted by Crippen LogP contribution is -2.35. The van der Waals surface area contributed by atoms with Crippen LogP contribution in [0.5, 0.6) is 0 Å². The Hall–Kier alpha value is -3.26. The molecule has 4 N–H and O–H groups in total. The highest BCUT2D eigenvalue weighted by molar-refractivity contribution is 6.05. The number of aliphatic hydroxyl groups excluding tert-OH is 1. The van der Waals surface area contributed by atoms with Gasteiger partial charge in [-0.1, -0.05) is 26.8 Å². The number of rotatable bonds is 11. The topological polar surface area (TPSA) is 113 Å². The van der Waals surface area contributed by atoms with Crippen LogP contribution >= 0.6 is 0 Å². The van der Waals surface area contributed by atoms with Gasteiger partial charge in [0.1, 0.15) is 5.82 Å². The number of nitrogens with zero attached hydrogens (tertiary/aromatic N) is 1. The molecule has 1 saturated carbocycles. The average molecular weight is 512 g/mol. The van der Waals surface area contributed by atoms with Gasteiger partial charge in [0.15, 0.2) is 0 Å². The van der Waals surface area contributed by atoms with Crippen molar-refractivity contribution < 1.29 is 23.9 Å². The lowest BCUT2D eigenvalue weighted by Gasteiger charge is -2.25. The van der Waals surface area contributed by atoms with E-state index in [1.807, 2.05) is 25.7 Å². The van der Waals surface area contributed by atoms with E-state index in [-0.39, 0.29) is 46.6 Å². The molecule has 8 heteroatoms. The van der Waals surface area contributed by atoms with E-state index in [0.29, 0.717) is 36.2 Å². The van der Waals surface area contributed by atoms with Crippen molar-refractivity contribution in [2.45, 2.75) is 65.8 Å². The fraction of sp³-hybridized carbons (Fsp3) is 0.483. The normalized spacial score (nSPS) is 13.4. The van der Waals surface area contributed by atoms with Gasteiger partial charge in [-0.3, -0.25) is 14.4 Å². The summed E-state index contributed by atoms with van der Waals surface area (Å²) in [6.45, 7) is 8.71. The fourth-order valence-corrected chi connectivity index (χ4v) is 4.21. The number of hydrogen-bond donors (Lipinski definition) is 3. The molecule has 2 aromatic rings. The molecule has 0 saturated heterocycles.